The summed E-state index contributed by atoms with van der Waals surface area (Å²) in [4.78, 5) is 7.27. The van der Waals surface area contributed by atoms with Crippen LogP contribution in [0.5, 0.6) is 0 Å². The predicted octanol–water partition coefficient (Wildman–Crippen LogP) is 2.94. The van der Waals surface area contributed by atoms with Gasteiger partial charge in [-0.15, -0.1) is 11.8 Å². The smallest absolute Gasteiger partial charge is 0.0705 e. The molecule has 3 nitrogen and oxygen atoms in total. The van der Waals surface area contributed by atoms with E-state index in [0.717, 1.165) is 17.8 Å². The SMILES string of the molecule is CO[C@@H]1CSC2(C1)CN(Cc1ccc3ccccc3n1)C2. The second kappa shape index (κ2) is 5.27. The minimum atomic E-state index is 0.455. The molecule has 4 heteroatoms. The number of ether oxygens (including phenoxy) is 1. The monoisotopic (exact) mass is 300 g/mol. The van der Waals surface area contributed by atoms with Crippen LogP contribution in [0.2, 0.25) is 0 Å². The van der Waals surface area contributed by atoms with E-state index < -0.39 is 0 Å². The molecule has 3 heterocycles. The molecule has 0 saturated carbocycles. The van der Waals surface area contributed by atoms with Gasteiger partial charge in [0.2, 0.25) is 0 Å². The number of para-hydroxylation sites is 1. The molecule has 21 heavy (non-hydrogen) atoms. The average molecular weight is 300 g/mol. The second-order valence-corrected chi connectivity index (χ2v) is 7.68. The normalized spacial score (nSPS) is 24.5. The van der Waals surface area contributed by atoms with E-state index >= 15 is 0 Å². The highest BCUT2D eigenvalue weighted by Crippen LogP contribution is 2.46. The Balaban J connectivity index is 1.41. The molecule has 2 aliphatic rings. The number of pyridine rings is 1. The highest BCUT2D eigenvalue weighted by atomic mass is 32.2. The number of nitrogens with zero attached hydrogens (tertiary/aromatic N) is 2. The summed E-state index contributed by atoms with van der Waals surface area (Å²) in [6, 6.07) is 12.7. The van der Waals surface area contributed by atoms with Crippen molar-refractivity contribution in [1.82, 2.24) is 9.88 Å². The van der Waals surface area contributed by atoms with Crippen molar-refractivity contribution in [2.24, 2.45) is 0 Å². The number of hydrogen-bond acceptors (Lipinski definition) is 4. The predicted molar refractivity (Wildman–Crippen MR) is 87.6 cm³/mol. The van der Waals surface area contributed by atoms with Gasteiger partial charge in [-0.3, -0.25) is 9.88 Å². The van der Waals surface area contributed by atoms with Crippen LogP contribution >= 0.6 is 11.8 Å². The van der Waals surface area contributed by atoms with E-state index in [1.165, 1.54) is 30.6 Å². The number of rotatable bonds is 3. The molecule has 0 N–H and O–H groups in total. The van der Waals surface area contributed by atoms with Crippen LogP contribution in [-0.2, 0) is 11.3 Å². The minimum absolute atomic E-state index is 0.455. The first-order valence-corrected chi connectivity index (χ1v) is 8.49. The Morgan fingerprint density at radius 2 is 2.14 bits per heavy atom. The van der Waals surface area contributed by atoms with E-state index in [1.54, 1.807) is 0 Å². The Labute approximate surface area is 129 Å². The third-order valence-electron chi connectivity index (χ3n) is 4.57. The van der Waals surface area contributed by atoms with E-state index in [2.05, 4.69) is 53.1 Å². The van der Waals surface area contributed by atoms with Gasteiger partial charge in [0, 0.05) is 42.6 Å². The van der Waals surface area contributed by atoms with Crippen molar-refractivity contribution < 1.29 is 4.74 Å². The van der Waals surface area contributed by atoms with Gasteiger partial charge in [0.1, 0.15) is 0 Å². The summed E-state index contributed by atoms with van der Waals surface area (Å²) in [6.45, 7) is 3.31. The van der Waals surface area contributed by atoms with Gasteiger partial charge in [-0.05, 0) is 18.6 Å². The molecule has 2 aromatic rings. The maximum absolute atomic E-state index is 5.49. The fourth-order valence-electron chi connectivity index (χ4n) is 3.48. The highest BCUT2D eigenvalue weighted by Gasteiger charge is 2.48. The van der Waals surface area contributed by atoms with Crippen LogP contribution < -0.4 is 0 Å². The fourth-order valence-corrected chi connectivity index (χ4v) is 5.13. The molecule has 2 saturated heterocycles. The first-order valence-electron chi connectivity index (χ1n) is 7.50. The molecule has 0 bridgehead atoms. The molecule has 1 spiro atoms. The summed E-state index contributed by atoms with van der Waals surface area (Å²) in [6.07, 6.45) is 1.66. The molecule has 1 aromatic heterocycles. The number of aromatic nitrogens is 1. The van der Waals surface area contributed by atoms with Crippen LogP contribution in [0, 0.1) is 0 Å². The molecule has 1 atom stereocenters. The van der Waals surface area contributed by atoms with Gasteiger partial charge < -0.3 is 4.74 Å². The van der Waals surface area contributed by atoms with Gasteiger partial charge in [-0.25, -0.2) is 0 Å². The summed E-state index contributed by atoms with van der Waals surface area (Å²) in [7, 11) is 1.83. The molecule has 0 aliphatic carbocycles. The van der Waals surface area contributed by atoms with E-state index in [0.29, 0.717) is 10.9 Å². The van der Waals surface area contributed by atoms with Gasteiger partial charge in [0.05, 0.1) is 17.3 Å². The van der Waals surface area contributed by atoms with Crippen molar-refractivity contribution in [1.29, 1.82) is 0 Å². The largest absolute Gasteiger partial charge is 0.381 e. The van der Waals surface area contributed by atoms with Crippen LogP contribution in [0.15, 0.2) is 36.4 Å². The maximum atomic E-state index is 5.49. The third kappa shape index (κ3) is 2.56. The van der Waals surface area contributed by atoms with Gasteiger partial charge in [-0.2, -0.15) is 0 Å². The molecule has 110 valence electrons. The zero-order chi connectivity index (χ0) is 14.3. The van der Waals surface area contributed by atoms with E-state index in [4.69, 9.17) is 9.72 Å². The molecule has 2 aliphatic heterocycles. The van der Waals surface area contributed by atoms with Gasteiger partial charge in [0.15, 0.2) is 0 Å². The topological polar surface area (TPSA) is 25.4 Å². The Morgan fingerprint density at radius 1 is 1.29 bits per heavy atom. The fraction of sp³-hybridized carbons (Fsp3) is 0.471. The zero-order valence-electron chi connectivity index (χ0n) is 12.3. The summed E-state index contributed by atoms with van der Waals surface area (Å²) in [5.41, 5.74) is 2.27. The van der Waals surface area contributed by atoms with Gasteiger partial charge in [0.25, 0.3) is 0 Å². The maximum Gasteiger partial charge on any atom is 0.0705 e. The summed E-state index contributed by atoms with van der Waals surface area (Å²) < 4.78 is 5.95. The number of methoxy groups -OCH3 is 1. The van der Waals surface area contributed by atoms with Crippen molar-refractivity contribution >= 4 is 22.7 Å². The van der Waals surface area contributed by atoms with Crippen molar-refractivity contribution in [2.45, 2.75) is 23.8 Å². The molecule has 0 amide bonds. The first kappa shape index (κ1) is 13.6. The van der Waals surface area contributed by atoms with Crippen molar-refractivity contribution in [2.75, 3.05) is 26.0 Å². The minimum Gasteiger partial charge on any atom is -0.381 e. The Kier molecular flexibility index (Phi) is 3.40. The lowest BCUT2D eigenvalue weighted by molar-refractivity contribution is 0.0625. The number of benzene rings is 1. The number of fused-ring (bicyclic) bond motifs is 1. The van der Waals surface area contributed by atoms with Crippen LogP contribution in [-0.4, -0.2) is 46.7 Å². The van der Waals surface area contributed by atoms with Crippen molar-refractivity contribution in [3.05, 3.63) is 42.1 Å². The molecular weight excluding hydrogens is 280 g/mol. The van der Waals surface area contributed by atoms with E-state index in [-0.39, 0.29) is 0 Å². The molecule has 2 fully saturated rings. The van der Waals surface area contributed by atoms with Crippen molar-refractivity contribution in [3.63, 3.8) is 0 Å². The quantitative estimate of drug-likeness (QED) is 0.870. The lowest BCUT2D eigenvalue weighted by atomic mass is 9.93. The zero-order valence-corrected chi connectivity index (χ0v) is 13.1. The molecule has 0 unspecified atom stereocenters. The van der Waals surface area contributed by atoms with Crippen LogP contribution in [0.4, 0.5) is 0 Å². The Hall–Kier alpha value is -1.10. The van der Waals surface area contributed by atoms with Crippen LogP contribution in [0.25, 0.3) is 10.9 Å². The summed E-state index contributed by atoms with van der Waals surface area (Å²) >= 11 is 2.09. The number of thioether (sulfide) groups is 1. The average Bonchev–Trinajstić information content (AvgIpc) is 2.91. The lowest BCUT2D eigenvalue weighted by Gasteiger charge is -2.47. The highest BCUT2D eigenvalue weighted by molar-refractivity contribution is 8.01. The standard InChI is InChI=1S/C17H20N2OS/c1-20-15-8-17(21-10-15)11-19(12-17)9-14-7-6-13-4-2-3-5-16(13)18-14/h2-7,15H,8-12H2,1H3/t15-/m0/s1. The molecule has 0 radical (unpaired) electrons. The summed E-state index contributed by atoms with van der Waals surface area (Å²) in [5.74, 6) is 1.15. The Bertz CT molecular complexity index is 654. The summed E-state index contributed by atoms with van der Waals surface area (Å²) in [5, 5.41) is 1.22. The van der Waals surface area contributed by atoms with Crippen LogP contribution in [0.3, 0.4) is 0 Å². The molecule has 4 rings (SSSR count). The second-order valence-electron chi connectivity index (χ2n) is 6.20. The van der Waals surface area contributed by atoms with Crippen molar-refractivity contribution in [3.8, 4) is 0 Å². The lowest BCUT2D eigenvalue weighted by Crippen LogP contribution is -2.58. The Morgan fingerprint density at radius 3 is 2.95 bits per heavy atom. The van der Waals surface area contributed by atoms with E-state index in [1.807, 2.05) is 7.11 Å². The van der Waals surface area contributed by atoms with Gasteiger partial charge in [-0.1, -0.05) is 24.3 Å². The first-order chi connectivity index (χ1) is 10.3. The van der Waals surface area contributed by atoms with E-state index in [9.17, 15) is 0 Å². The number of hydrogen-bond donors (Lipinski definition) is 0. The van der Waals surface area contributed by atoms with Gasteiger partial charge >= 0.3 is 0 Å². The molecular formula is C17H20N2OS. The third-order valence-corrected chi connectivity index (χ3v) is 6.15. The number of likely N-dealkylation sites (tertiary alicyclic amines) is 1. The van der Waals surface area contributed by atoms with Crippen LogP contribution in [0.1, 0.15) is 12.1 Å². The molecule has 1 aromatic carbocycles.